The smallest absolute Gasteiger partial charge is 0.242 e. The molecule has 21 heavy (non-hydrogen) atoms. The Balaban J connectivity index is 2.87. The molecule has 1 amide bonds. The van der Waals surface area contributed by atoms with E-state index in [1.807, 2.05) is 0 Å². The highest BCUT2D eigenvalue weighted by atomic mass is 32.2. The van der Waals surface area contributed by atoms with Gasteiger partial charge in [-0.05, 0) is 18.2 Å². The molecule has 0 aliphatic rings. The monoisotopic (exact) mass is 314 g/mol. The van der Waals surface area contributed by atoms with Crippen molar-refractivity contribution in [2.24, 2.45) is 0 Å². The minimum Gasteiger partial charge on any atom is -0.397 e. The maximum atomic E-state index is 12.1. The number of carbonyl (C=O) groups is 1. The molecule has 1 aromatic carbocycles. The number of amides is 1. The van der Waals surface area contributed by atoms with Gasteiger partial charge in [-0.2, -0.15) is 0 Å². The fraction of sp³-hybridized carbons (Fsp3) is 0.462. The Kier molecular flexibility index (Phi) is 5.56. The number of sulfonamides is 1. The summed E-state index contributed by atoms with van der Waals surface area (Å²) < 4.78 is 25.3. The van der Waals surface area contributed by atoms with Crippen LogP contribution in [0.4, 0.5) is 11.4 Å². The summed E-state index contributed by atoms with van der Waals surface area (Å²) in [7, 11) is 2.79. The second-order valence-corrected chi connectivity index (χ2v) is 7.15. The van der Waals surface area contributed by atoms with E-state index < -0.39 is 10.0 Å². The summed E-state index contributed by atoms with van der Waals surface area (Å²) in [6, 6.07) is 4.47. The fourth-order valence-corrected chi connectivity index (χ4v) is 2.52. The topological polar surface area (TPSA) is 95.7 Å². The molecule has 0 aliphatic carbocycles. The van der Waals surface area contributed by atoms with Crippen molar-refractivity contribution in [1.82, 2.24) is 9.21 Å². The number of carbonyl (C=O) groups excluding carboxylic acids is 1. The predicted octanol–water partition coefficient (Wildman–Crippen LogP) is 0.409. The molecule has 0 saturated carbocycles. The van der Waals surface area contributed by atoms with Crippen LogP contribution >= 0.6 is 0 Å². The molecule has 0 spiro atoms. The van der Waals surface area contributed by atoms with E-state index >= 15 is 0 Å². The van der Waals surface area contributed by atoms with E-state index in [-0.39, 0.29) is 10.8 Å². The van der Waals surface area contributed by atoms with Crippen LogP contribution in [0.1, 0.15) is 6.42 Å². The number of nitrogens with one attached hydrogen (secondary N) is 1. The molecule has 0 bridgehead atoms. The number of hydrogen-bond acceptors (Lipinski definition) is 5. The van der Waals surface area contributed by atoms with Gasteiger partial charge < -0.3 is 16.0 Å². The first-order valence-corrected chi connectivity index (χ1v) is 7.86. The number of nitrogen functional groups attached to an aromatic ring is 1. The van der Waals surface area contributed by atoms with Crippen molar-refractivity contribution in [2.75, 3.05) is 45.8 Å². The van der Waals surface area contributed by atoms with Gasteiger partial charge in [0.25, 0.3) is 0 Å². The Hall–Kier alpha value is -1.80. The van der Waals surface area contributed by atoms with Gasteiger partial charge in [0, 0.05) is 41.2 Å². The molecule has 0 radical (unpaired) electrons. The van der Waals surface area contributed by atoms with Crippen LogP contribution < -0.4 is 11.1 Å². The third-order valence-corrected chi connectivity index (χ3v) is 4.77. The van der Waals surface area contributed by atoms with E-state index in [1.165, 1.54) is 37.2 Å². The summed E-state index contributed by atoms with van der Waals surface area (Å²) in [5.41, 5.74) is 6.76. The molecule has 0 unspecified atom stereocenters. The highest BCUT2D eigenvalue weighted by molar-refractivity contribution is 7.89. The molecule has 0 atom stereocenters. The molecule has 0 aliphatic heterocycles. The van der Waals surface area contributed by atoms with Crippen molar-refractivity contribution < 1.29 is 13.2 Å². The average Bonchev–Trinajstić information content (AvgIpc) is 2.40. The molecule has 118 valence electrons. The minimum atomic E-state index is -3.51. The van der Waals surface area contributed by atoms with Gasteiger partial charge in [-0.25, -0.2) is 12.7 Å². The van der Waals surface area contributed by atoms with Crippen LogP contribution in [0.2, 0.25) is 0 Å². The van der Waals surface area contributed by atoms with Gasteiger partial charge >= 0.3 is 0 Å². The lowest BCUT2D eigenvalue weighted by Crippen LogP contribution is -2.24. The molecular formula is C13H22N4O3S. The van der Waals surface area contributed by atoms with Crippen molar-refractivity contribution in [3.8, 4) is 0 Å². The SMILES string of the molecule is CN(C)C(=O)CCNc1cc(S(=O)(=O)N(C)C)ccc1N. The number of nitrogens with two attached hydrogens (primary N) is 1. The quantitative estimate of drug-likeness (QED) is 0.742. The molecule has 0 aromatic heterocycles. The van der Waals surface area contributed by atoms with E-state index in [0.29, 0.717) is 24.3 Å². The Labute approximate surface area is 125 Å². The molecule has 0 fully saturated rings. The molecule has 1 rings (SSSR count). The molecule has 7 nitrogen and oxygen atoms in total. The van der Waals surface area contributed by atoms with Crippen LogP contribution in [0, 0.1) is 0 Å². The van der Waals surface area contributed by atoms with Gasteiger partial charge in [0.15, 0.2) is 0 Å². The third-order valence-electron chi connectivity index (χ3n) is 2.96. The Bertz CT molecular complexity index is 612. The molecule has 0 saturated heterocycles. The lowest BCUT2D eigenvalue weighted by atomic mass is 10.2. The summed E-state index contributed by atoms with van der Waals surface area (Å²) in [6.45, 7) is 0.382. The van der Waals surface area contributed by atoms with Crippen molar-refractivity contribution in [1.29, 1.82) is 0 Å². The Morgan fingerprint density at radius 1 is 1.24 bits per heavy atom. The maximum absolute atomic E-state index is 12.1. The highest BCUT2D eigenvalue weighted by Gasteiger charge is 2.18. The van der Waals surface area contributed by atoms with Gasteiger partial charge in [-0.3, -0.25) is 4.79 Å². The number of benzene rings is 1. The lowest BCUT2D eigenvalue weighted by molar-refractivity contribution is -0.128. The zero-order chi connectivity index (χ0) is 16.2. The molecule has 1 aromatic rings. The first-order valence-electron chi connectivity index (χ1n) is 6.42. The second kappa shape index (κ2) is 6.77. The largest absolute Gasteiger partial charge is 0.397 e. The van der Waals surface area contributed by atoms with Gasteiger partial charge in [-0.1, -0.05) is 0 Å². The molecule has 3 N–H and O–H groups in total. The van der Waals surface area contributed by atoms with E-state index in [0.717, 1.165) is 4.31 Å². The number of rotatable bonds is 6. The standard InChI is InChI=1S/C13H22N4O3S/c1-16(2)13(18)7-8-15-12-9-10(5-6-11(12)14)21(19,20)17(3)4/h5-6,9,15H,7-8,14H2,1-4H3. The van der Waals surface area contributed by atoms with Crippen molar-refractivity contribution in [3.63, 3.8) is 0 Å². The molecule has 8 heteroatoms. The van der Waals surface area contributed by atoms with E-state index in [9.17, 15) is 13.2 Å². The van der Waals surface area contributed by atoms with Crippen LogP contribution in [0.15, 0.2) is 23.1 Å². The number of anilines is 2. The fourth-order valence-electron chi connectivity index (χ4n) is 1.59. The lowest BCUT2D eigenvalue weighted by Gasteiger charge is -2.15. The summed E-state index contributed by atoms with van der Waals surface area (Å²) in [6.07, 6.45) is 0.303. The van der Waals surface area contributed by atoms with Crippen LogP contribution in [-0.2, 0) is 14.8 Å². The van der Waals surface area contributed by atoms with Crippen molar-refractivity contribution in [2.45, 2.75) is 11.3 Å². The number of nitrogens with zero attached hydrogens (tertiary/aromatic N) is 2. The average molecular weight is 314 g/mol. The second-order valence-electron chi connectivity index (χ2n) is 5.00. The minimum absolute atomic E-state index is 0.0156. The van der Waals surface area contributed by atoms with E-state index in [1.54, 1.807) is 14.1 Å². The zero-order valence-corrected chi connectivity index (χ0v) is 13.6. The zero-order valence-electron chi connectivity index (χ0n) is 12.8. The van der Waals surface area contributed by atoms with Crippen LogP contribution in [0.5, 0.6) is 0 Å². The Morgan fingerprint density at radius 2 is 1.86 bits per heavy atom. The normalized spacial score (nSPS) is 11.5. The summed E-state index contributed by atoms with van der Waals surface area (Å²) in [5.74, 6) is -0.0156. The van der Waals surface area contributed by atoms with Crippen LogP contribution in [0.25, 0.3) is 0 Å². The Morgan fingerprint density at radius 3 is 2.38 bits per heavy atom. The summed E-state index contributed by atoms with van der Waals surface area (Å²) >= 11 is 0. The van der Waals surface area contributed by atoms with Crippen molar-refractivity contribution >= 4 is 27.3 Å². The van der Waals surface area contributed by atoms with Crippen LogP contribution in [0.3, 0.4) is 0 Å². The maximum Gasteiger partial charge on any atom is 0.242 e. The summed E-state index contributed by atoms with van der Waals surface area (Å²) in [5, 5.41) is 2.99. The molecule has 0 heterocycles. The van der Waals surface area contributed by atoms with Gasteiger partial charge in [0.2, 0.25) is 15.9 Å². The van der Waals surface area contributed by atoms with E-state index in [2.05, 4.69) is 5.32 Å². The van der Waals surface area contributed by atoms with Crippen molar-refractivity contribution in [3.05, 3.63) is 18.2 Å². The van der Waals surface area contributed by atoms with Gasteiger partial charge in [0.05, 0.1) is 16.3 Å². The van der Waals surface area contributed by atoms with Gasteiger partial charge in [0.1, 0.15) is 0 Å². The molecular weight excluding hydrogens is 292 g/mol. The van der Waals surface area contributed by atoms with E-state index in [4.69, 9.17) is 5.73 Å². The first-order chi connectivity index (χ1) is 9.66. The third kappa shape index (κ3) is 4.33. The first kappa shape index (κ1) is 17.3. The van der Waals surface area contributed by atoms with Crippen LogP contribution in [-0.4, -0.2) is 58.3 Å². The predicted molar refractivity (Wildman–Crippen MR) is 83.5 cm³/mol. The van der Waals surface area contributed by atoms with Gasteiger partial charge in [-0.15, -0.1) is 0 Å². The highest BCUT2D eigenvalue weighted by Crippen LogP contribution is 2.24. The number of hydrogen-bond donors (Lipinski definition) is 2. The summed E-state index contributed by atoms with van der Waals surface area (Å²) in [4.78, 5) is 13.1.